The summed E-state index contributed by atoms with van der Waals surface area (Å²) in [5.74, 6) is 0.561. The van der Waals surface area contributed by atoms with Gasteiger partial charge in [0.15, 0.2) is 5.78 Å². The third-order valence-corrected chi connectivity index (χ3v) is 7.23. The number of aliphatic hydroxyl groups excluding tert-OH is 1. The Morgan fingerprint density at radius 1 is 1.17 bits per heavy atom. The van der Waals surface area contributed by atoms with Crippen molar-refractivity contribution in [2.45, 2.75) is 46.6 Å². The van der Waals surface area contributed by atoms with Gasteiger partial charge in [-0.1, -0.05) is 26.3 Å². The van der Waals surface area contributed by atoms with Crippen LogP contribution in [0.4, 0.5) is 0 Å². The highest BCUT2D eigenvalue weighted by Gasteiger charge is 2.58. The Kier molecular flexibility index (Phi) is 4.69. The predicted molar refractivity (Wildman–Crippen MR) is 111 cm³/mol. The van der Waals surface area contributed by atoms with Gasteiger partial charge < -0.3 is 14.3 Å². The van der Waals surface area contributed by atoms with Crippen molar-refractivity contribution in [1.82, 2.24) is 0 Å². The molecule has 4 rings (SSSR count). The SMILES string of the molecule is CC1=CC(=O)[C@H]2C(C)(C)[C@H](O)CC[C@@]2(C)[C@@H]1COc1ccc2ccc(=O)oc2c1. The van der Waals surface area contributed by atoms with Crippen molar-refractivity contribution in [2.75, 3.05) is 6.61 Å². The molecule has 1 saturated carbocycles. The average molecular weight is 396 g/mol. The lowest BCUT2D eigenvalue weighted by Crippen LogP contribution is -2.58. The van der Waals surface area contributed by atoms with E-state index in [9.17, 15) is 14.7 Å². The smallest absolute Gasteiger partial charge is 0.336 e. The van der Waals surface area contributed by atoms with Gasteiger partial charge in [0.1, 0.15) is 11.3 Å². The summed E-state index contributed by atoms with van der Waals surface area (Å²) in [7, 11) is 0. The molecular weight excluding hydrogens is 368 g/mol. The van der Waals surface area contributed by atoms with Crippen molar-refractivity contribution in [3.05, 3.63) is 52.4 Å². The molecule has 0 spiro atoms. The summed E-state index contributed by atoms with van der Waals surface area (Å²) in [5, 5.41) is 11.4. The van der Waals surface area contributed by atoms with Gasteiger partial charge in [0.05, 0.1) is 12.7 Å². The van der Waals surface area contributed by atoms with Crippen molar-refractivity contribution >= 4 is 16.8 Å². The molecule has 0 radical (unpaired) electrons. The molecule has 1 fully saturated rings. The maximum atomic E-state index is 12.9. The number of rotatable bonds is 3. The summed E-state index contributed by atoms with van der Waals surface area (Å²) in [6, 6.07) is 8.59. The van der Waals surface area contributed by atoms with E-state index in [1.807, 2.05) is 32.9 Å². The molecule has 1 heterocycles. The van der Waals surface area contributed by atoms with E-state index >= 15 is 0 Å². The van der Waals surface area contributed by atoms with Crippen LogP contribution in [-0.2, 0) is 4.79 Å². The van der Waals surface area contributed by atoms with Crippen LogP contribution in [-0.4, -0.2) is 23.6 Å². The van der Waals surface area contributed by atoms with Crippen LogP contribution in [0.15, 0.2) is 51.2 Å². The number of benzene rings is 1. The number of aliphatic hydroxyl groups is 1. The van der Waals surface area contributed by atoms with Crippen LogP contribution in [0.25, 0.3) is 11.0 Å². The molecule has 4 atom stereocenters. The number of hydrogen-bond donors (Lipinski definition) is 1. The Labute approximate surface area is 170 Å². The lowest BCUT2D eigenvalue weighted by Gasteiger charge is -2.57. The van der Waals surface area contributed by atoms with E-state index in [0.29, 0.717) is 24.4 Å². The molecule has 0 unspecified atom stereocenters. The fourth-order valence-electron chi connectivity index (χ4n) is 5.63. The average Bonchev–Trinajstić information content (AvgIpc) is 2.64. The highest BCUT2D eigenvalue weighted by Crippen LogP contribution is 2.58. The van der Waals surface area contributed by atoms with Gasteiger partial charge in [0.25, 0.3) is 0 Å². The van der Waals surface area contributed by atoms with Crippen LogP contribution < -0.4 is 10.4 Å². The molecule has 5 nitrogen and oxygen atoms in total. The first-order valence-electron chi connectivity index (χ1n) is 10.2. The van der Waals surface area contributed by atoms with Gasteiger partial charge >= 0.3 is 5.63 Å². The summed E-state index contributed by atoms with van der Waals surface area (Å²) in [4.78, 5) is 24.4. The topological polar surface area (TPSA) is 76.7 Å². The lowest BCUT2D eigenvalue weighted by molar-refractivity contribution is -0.152. The molecule has 1 aromatic carbocycles. The minimum absolute atomic E-state index is 0.0652. The fraction of sp³-hybridized carbons (Fsp3) is 0.500. The summed E-state index contributed by atoms with van der Waals surface area (Å²) in [5.41, 5.74) is 0.367. The fourth-order valence-corrected chi connectivity index (χ4v) is 5.63. The van der Waals surface area contributed by atoms with Gasteiger partial charge in [-0.15, -0.1) is 0 Å². The number of ether oxygens (including phenoxy) is 1. The van der Waals surface area contributed by atoms with Crippen LogP contribution >= 0.6 is 0 Å². The van der Waals surface area contributed by atoms with E-state index in [4.69, 9.17) is 9.15 Å². The van der Waals surface area contributed by atoms with Gasteiger partial charge in [0, 0.05) is 34.8 Å². The van der Waals surface area contributed by atoms with Gasteiger partial charge in [-0.3, -0.25) is 4.79 Å². The van der Waals surface area contributed by atoms with E-state index < -0.39 is 17.1 Å². The minimum atomic E-state index is -0.485. The molecule has 0 bridgehead atoms. The third-order valence-electron chi connectivity index (χ3n) is 7.23. The van der Waals surface area contributed by atoms with Crippen LogP contribution in [0.2, 0.25) is 0 Å². The molecule has 2 aliphatic rings. The molecule has 154 valence electrons. The molecule has 0 aliphatic heterocycles. The number of allylic oxidation sites excluding steroid dienone is 1. The van der Waals surface area contributed by atoms with Gasteiger partial charge in [-0.2, -0.15) is 0 Å². The second kappa shape index (κ2) is 6.84. The van der Waals surface area contributed by atoms with Crippen LogP contribution in [0.5, 0.6) is 5.75 Å². The Bertz CT molecular complexity index is 1050. The van der Waals surface area contributed by atoms with Gasteiger partial charge in [-0.25, -0.2) is 4.79 Å². The number of fused-ring (bicyclic) bond motifs is 2. The largest absolute Gasteiger partial charge is 0.493 e. The summed E-state index contributed by atoms with van der Waals surface area (Å²) >= 11 is 0. The molecule has 0 saturated heterocycles. The molecule has 1 aromatic heterocycles. The summed E-state index contributed by atoms with van der Waals surface area (Å²) in [6.45, 7) is 8.57. The van der Waals surface area contributed by atoms with Crippen molar-refractivity contribution in [1.29, 1.82) is 0 Å². The van der Waals surface area contributed by atoms with E-state index in [2.05, 4.69) is 6.92 Å². The highest BCUT2D eigenvalue weighted by molar-refractivity contribution is 5.95. The molecule has 2 aliphatic carbocycles. The quantitative estimate of drug-likeness (QED) is 0.790. The van der Waals surface area contributed by atoms with Gasteiger partial charge in [-0.05, 0) is 49.5 Å². The maximum Gasteiger partial charge on any atom is 0.336 e. The lowest BCUT2D eigenvalue weighted by atomic mass is 9.47. The summed E-state index contributed by atoms with van der Waals surface area (Å²) < 4.78 is 11.4. The van der Waals surface area contributed by atoms with E-state index in [-0.39, 0.29) is 23.0 Å². The number of carbonyl (C=O) groups excluding carboxylic acids is 1. The number of ketones is 1. The first kappa shape index (κ1) is 19.9. The van der Waals surface area contributed by atoms with Crippen molar-refractivity contribution in [2.24, 2.45) is 22.7 Å². The van der Waals surface area contributed by atoms with Crippen molar-refractivity contribution < 1.29 is 19.1 Å². The number of hydrogen-bond acceptors (Lipinski definition) is 5. The second-order valence-corrected chi connectivity index (χ2v) is 9.42. The van der Waals surface area contributed by atoms with Crippen LogP contribution in [0, 0.1) is 22.7 Å². The Hall–Kier alpha value is -2.40. The first-order valence-corrected chi connectivity index (χ1v) is 10.2. The Morgan fingerprint density at radius 2 is 1.90 bits per heavy atom. The van der Waals surface area contributed by atoms with Crippen LogP contribution in [0.1, 0.15) is 40.5 Å². The number of carbonyl (C=O) groups is 1. The second-order valence-electron chi connectivity index (χ2n) is 9.42. The van der Waals surface area contributed by atoms with E-state index in [0.717, 1.165) is 17.4 Å². The minimum Gasteiger partial charge on any atom is -0.493 e. The van der Waals surface area contributed by atoms with E-state index in [1.165, 1.54) is 6.07 Å². The molecule has 1 N–H and O–H groups in total. The molecular formula is C24H28O5. The zero-order chi connectivity index (χ0) is 21.0. The zero-order valence-electron chi connectivity index (χ0n) is 17.4. The molecule has 5 heteroatoms. The Balaban J connectivity index is 1.63. The Morgan fingerprint density at radius 3 is 2.66 bits per heavy atom. The van der Waals surface area contributed by atoms with Crippen LogP contribution in [0.3, 0.4) is 0 Å². The standard InChI is InChI=1S/C24H28O5/c1-14-11-18(25)22-23(2,3)20(26)9-10-24(22,4)17(14)13-28-16-7-5-15-6-8-21(27)29-19(15)12-16/h5-8,11-12,17,20,22,26H,9-10,13H2,1-4H3/t17-,20-,22+,24+/m1/s1. The summed E-state index contributed by atoms with van der Waals surface area (Å²) in [6.07, 6.45) is 2.71. The highest BCUT2D eigenvalue weighted by atomic mass is 16.5. The monoisotopic (exact) mass is 396 g/mol. The van der Waals surface area contributed by atoms with Crippen molar-refractivity contribution in [3.8, 4) is 5.75 Å². The molecule has 2 aromatic rings. The molecule has 0 amide bonds. The first-order chi connectivity index (χ1) is 13.6. The van der Waals surface area contributed by atoms with E-state index in [1.54, 1.807) is 18.2 Å². The maximum absolute atomic E-state index is 12.9. The van der Waals surface area contributed by atoms with Gasteiger partial charge in [0.2, 0.25) is 0 Å². The third kappa shape index (κ3) is 3.21. The predicted octanol–water partition coefficient (Wildman–Crippen LogP) is 4.12. The van der Waals surface area contributed by atoms with Crippen molar-refractivity contribution in [3.63, 3.8) is 0 Å². The molecule has 29 heavy (non-hydrogen) atoms. The normalized spacial score (nSPS) is 31.3. The zero-order valence-corrected chi connectivity index (χ0v) is 17.4.